The fourth-order valence-corrected chi connectivity index (χ4v) is 4.10. The lowest BCUT2D eigenvalue weighted by Gasteiger charge is -2.41. The van der Waals surface area contributed by atoms with Crippen molar-refractivity contribution < 1.29 is 32.2 Å². The van der Waals surface area contributed by atoms with Crippen LogP contribution in [0.15, 0.2) is 24.3 Å². The molecule has 166 valence electrons. The Labute approximate surface area is 180 Å². The second-order valence-corrected chi connectivity index (χ2v) is 8.16. The van der Waals surface area contributed by atoms with Gasteiger partial charge in [-0.1, -0.05) is 11.6 Å². The Kier molecular flexibility index (Phi) is 5.74. The van der Waals surface area contributed by atoms with Gasteiger partial charge in [0.1, 0.15) is 35.6 Å². The molecule has 0 spiro atoms. The molecule has 0 saturated carbocycles. The SMILES string of the molecule is O=C1CCc2c(OC[C@@]3(O)CCN(c4c(F)cc(Cl)cc4F)C[C@@H]3F)ccc(F)c2N1. The van der Waals surface area contributed by atoms with Crippen LogP contribution in [-0.2, 0) is 11.2 Å². The molecule has 2 aromatic rings. The quantitative estimate of drug-likeness (QED) is 0.680. The van der Waals surface area contributed by atoms with Crippen molar-refractivity contribution in [1.82, 2.24) is 0 Å². The number of carbonyl (C=O) groups is 1. The first-order valence-electron chi connectivity index (χ1n) is 9.68. The van der Waals surface area contributed by atoms with Gasteiger partial charge in [0.2, 0.25) is 5.91 Å². The summed E-state index contributed by atoms with van der Waals surface area (Å²) in [4.78, 5) is 12.7. The molecule has 2 N–H and O–H groups in total. The number of carbonyl (C=O) groups excluding carboxylic acids is 1. The molecule has 5 nitrogen and oxygen atoms in total. The van der Waals surface area contributed by atoms with Gasteiger partial charge in [0, 0.05) is 23.6 Å². The van der Waals surface area contributed by atoms with Crippen LogP contribution in [0.5, 0.6) is 5.75 Å². The first-order chi connectivity index (χ1) is 14.7. The van der Waals surface area contributed by atoms with E-state index in [2.05, 4.69) is 5.32 Å². The maximum absolute atomic E-state index is 14.9. The Bertz CT molecular complexity index is 1010. The summed E-state index contributed by atoms with van der Waals surface area (Å²) in [6.45, 7) is -0.917. The molecule has 2 aliphatic rings. The molecule has 1 fully saturated rings. The summed E-state index contributed by atoms with van der Waals surface area (Å²) in [5.74, 6) is -2.54. The van der Waals surface area contributed by atoms with Gasteiger partial charge in [0.05, 0.1) is 12.2 Å². The lowest BCUT2D eigenvalue weighted by Crippen LogP contribution is -2.57. The zero-order valence-electron chi connectivity index (χ0n) is 16.2. The van der Waals surface area contributed by atoms with Crippen LogP contribution in [-0.4, -0.2) is 42.5 Å². The second-order valence-electron chi connectivity index (χ2n) is 7.72. The summed E-state index contributed by atoms with van der Waals surface area (Å²) in [7, 11) is 0. The molecule has 0 unspecified atom stereocenters. The van der Waals surface area contributed by atoms with Crippen LogP contribution >= 0.6 is 11.6 Å². The van der Waals surface area contributed by atoms with Crippen LogP contribution in [0.4, 0.5) is 28.9 Å². The van der Waals surface area contributed by atoms with Crippen molar-refractivity contribution in [1.29, 1.82) is 0 Å². The van der Waals surface area contributed by atoms with Crippen molar-refractivity contribution in [2.24, 2.45) is 0 Å². The summed E-state index contributed by atoms with van der Waals surface area (Å²) in [6.07, 6.45) is -1.63. The van der Waals surface area contributed by atoms with E-state index in [0.29, 0.717) is 5.56 Å². The number of nitrogens with zero attached hydrogens (tertiary/aromatic N) is 1. The maximum atomic E-state index is 14.9. The van der Waals surface area contributed by atoms with Gasteiger partial charge >= 0.3 is 0 Å². The highest BCUT2D eigenvalue weighted by atomic mass is 35.5. The third-order valence-corrected chi connectivity index (χ3v) is 5.86. The fourth-order valence-electron chi connectivity index (χ4n) is 3.90. The normalized spacial score (nSPS) is 23.4. The predicted molar refractivity (Wildman–Crippen MR) is 107 cm³/mol. The summed E-state index contributed by atoms with van der Waals surface area (Å²) in [5.41, 5.74) is -1.87. The summed E-state index contributed by atoms with van der Waals surface area (Å²) >= 11 is 5.63. The summed E-state index contributed by atoms with van der Waals surface area (Å²) < 4.78 is 62.9. The highest BCUT2D eigenvalue weighted by Gasteiger charge is 2.44. The van der Waals surface area contributed by atoms with E-state index in [1.807, 2.05) is 0 Å². The molecule has 0 bridgehead atoms. The number of fused-ring (bicyclic) bond motifs is 1. The van der Waals surface area contributed by atoms with Crippen molar-refractivity contribution in [2.75, 3.05) is 29.9 Å². The Balaban J connectivity index is 1.48. The third-order valence-electron chi connectivity index (χ3n) is 5.64. The van der Waals surface area contributed by atoms with Gasteiger partial charge in [-0.05, 0) is 37.1 Å². The Hall–Kier alpha value is -2.52. The minimum Gasteiger partial charge on any atom is -0.490 e. The average molecular weight is 459 g/mol. The lowest BCUT2D eigenvalue weighted by atomic mass is 9.90. The van der Waals surface area contributed by atoms with Crippen LogP contribution < -0.4 is 15.0 Å². The largest absolute Gasteiger partial charge is 0.490 e. The number of nitrogens with one attached hydrogen (secondary N) is 1. The molecule has 2 heterocycles. The number of hydrogen-bond donors (Lipinski definition) is 2. The van der Waals surface area contributed by atoms with Crippen LogP contribution in [0.1, 0.15) is 18.4 Å². The minimum atomic E-state index is -1.91. The van der Waals surface area contributed by atoms with Crippen molar-refractivity contribution in [3.63, 3.8) is 0 Å². The van der Waals surface area contributed by atoms with Crippen molar-refractivity contribution in [2.45, 2.75) is 31.0 Å². The van der Waals surface area contributed by atoms with E-state index >= 15 is 0 Å². The van der Waals surface area contributed by atoms with E-state index in [4.69, 9.17) is 16.3 Å². The van der Waals surface area contributed by atoms with E-state index in [1.54, 1.807) is 0 Å². The van der Waals surface area contributed by atoms with Gasteiger partial charge in [-0.3, -0.25) is 4.79 Å². The topological polar surface area (TPSA) is 61.8 Å². The van der Waals surface area contributed by atoms with Crippen LogP contribution in [0.3, 0.4) is 0 Å². The first-order valence-corrected chi connectivity index (χ1v) is 10.1. The monoisotopic (exact) mass is 458 g/mol. The third kappa shape index (κ3) is 4.16. The second kappa shape index (κ2) is 8.20. The average Bonchev–Trinajstić information content (AvgIpc) is 2.70. The minimum absolute atomic E-state index is 0.0149. The van der Waals surface area contributed by atoms with E-state index in [9.17, 15) is 27.5 Å². The van der Waals surface area contributed by atoms with Gasteiger partial charge in [0.15, 0.2) is 11.6 Å². The fraction of sp³-hybridized carbons (Fsp3) is 0.381. The highest BCUT2D eigenvalue weighted by molar-refractivity contribution is 6.30. The van der Waals surface area contributed by atoms with E-state index in [0.717, 1.165) is 18.2 Å². The number of rotatable bonds is 4. The number of benzene rings is 2. The number of halogens is 5. The van der Waals surface area contributed by atoms with Gasteiger partial charge in [-0.25, -0.2) is 17.6 Å². The van der Waals surface area contributed by atoms with Crippen molar-refractivity contribution in [3.8, 4) is 5.75 Å². The molecular weight excluding hydrogens is 440 g/mol. The number of hydrogen-bond acceptors (Lipinski definition) is 4. The standard InChI is InChI=1S/C21H19ClF4N2O3/c22-11-7-14(24)20(15(25)8-11)28-6-5-21(30,17(26)9-28)10-31-16-3-2-13(23)19-12(16)1-4-18(29)27-19/h2-3,7-8,17,30H,1,4-6,9-10H2,(H,27,29)/t17-,21-/m0/s1. The molecular formula is C21H19ClF4N2O3. The molecule has 31 heavy (non-hydrogen) atoms. The summed E-state index contributed by atoms with van der Waals surface area (Å²) in [6, 6.07) is 4.35. The number of aliphatic hydroxyl groups is 1. The number of alkyl halides is 1. The molecule has 2 atom stereocenters. The molecule has 1 saturated heterocycles. The molecule has 0 aliphatic carbocycles. The van der Waals surface area contributed by atoms with Gasteiger partial charge < -0.3 is 20.1 Å². The van der Waals surface area contributed by atoms with E-state index < -0.39 is 48.1 Å². The zero-order valence-corrected chi connectivity index (χ0v) is 17.0. The molecule has 2 aliphatic heterocycles. The smallest absolute Gasteiger partial charge is 0.224 e. The van der Waals surface area contributed by atoms with Crippen molar-refractivity contribution >= 4 is 28.9 Å². The van der Waals surface area contributed by atoms with Crippen molar-refractivity contribution in [3.05, 3.63) is 52.3 Å². The number of anilines is 2. The lowest BCUT2D eigenvalue weighted by molar-refractivity contribution is -0.116. The zero-order chi connectivity index (χ0) is 22.3. The molecule has 10 heteroatoms. The molecule has 0 aromatic heterocycles. The van der Waals surface area contributed by atoms with E-state index in [1.165, 1.54) is 11.0 Å². The Morgan fingerprint density at radius 2 is 1.90 bits per heavy atom. The predicted octanol–water partition coefficient (Wildman–Crippen LogP) is 4.00. The molecule has 1 amide bonds. The molecule has 0 radical (unpaired) electrons. The first kappa shape index (κ1) is 21.7. The number of piperidine rings is 1. The highest BCUT2D eigenvalue weighted by Crippen LogP contribution is 2.36. The molecule has 2 aromatic carbocycles. The van der Waals surface area contributed by atoms with Gasteiger partial charge in [-0.15, -0.1) is 0 Å². The number of ether oxygens (including phenoxy) is 1. The van der Waals surface area contributed by atoms with Gasteiger partial charge in [-0.2, -0.15) is 0 Å². The Morgan fingerprint density at radius 1 is 1.19 bits per heavy atom. The maximum Gasteiger partial charge on any atom is 0.224 e. The van der Waals surface area contributed by atoms with Crippen LogP contribution in [0.25, 0.3) is 0 Å². The van der Waals surface area contributed by atoms with Crippen LogP contribution in [0, 0.1) is 17.5 Å². The van der Waals surface area contributed by atoms with E-state index in [-0.39, 0.29) is 48.2 Å². The molecule has 4 rings (SSSR count). The Morgan fingerprint density at radius 3 is 2.58 bits per heavy atom. The summed E-state index contributed by atoms with van der Waals surface area (Å²) in [5, 5.41) is 13.1. The van der Waals surface area contributed by atoms with Gasteiger partial charge in [0.25, 0.3) is 0 Å². The number of amides is 1. The van der Waals surface area contributed by atoms with Crippen LogP contribution in [0.2, 0.25) is 5.02 Å².